The van der Waals surface area contributed by atoms with Crippen molar-refractivity contribution >= 4 is 0 Å². The maximum Gasteiger partial charge on any atom is 0.165 e. The Morgan fingerprint density at radius 3 is 1.50 bits per heavy atom. The lowest BCUT2D eigenvalue weighted by Gasteiger charge is -2.31. The van der Waals surface area contributed by atoms with Gasteiger partial charge < -0.3 is 9.47 Å². The van der Waals surface area contributed by atoms with Crippen LogP contribution >= 0.6 is 0 Å². The second-order valence-corrected chi connectivity index (χ2v) is 7.98. The molecule has 2 aliphatic rings. The van der Waals surface area contributed by atoms with Crippen molar-refractivity contribution in [3.63, 3.8) is 0 Å². The van der Waals surface area contributed by atoms with Gasteiger partial charge in [0.25, 0.3) is 0 Å². The summed E-state index contributed by atoms with van der Waals surface area (Å²) in [5.41, 5.74) is 0.724. The molecule has 0 bridgehead atoms. The van der Waals surface area contributed by atoms with Gasteiger partial charge in [-0.2, -0.15) is 0 Å². The molecule has 4 unspecified atom stereocenters. The van der Waals surface area contributed by atoms with Crippen LogP contribution in [0.2, 0.25) is 0 Å². The number of benzene rings is 1. The highest BCUT2D eigenvalue weighted by Crippen LogP contribution is 2.38. The lowest BCUT2D eigenvalue weighted by atomic mass is 9.89. The minimum absolute atomic E-state index is 0.326. The molecule has 26 heavy (non-hydrogen) atoms. The Balaban J connectivity index is 1.66. The molecule has 2 nitrogen and oxygen atoms in total. The zero-order chi connectivity index (χ0) is 18.5. The minimum Gasteiger partial charge on any atom is -0.373 e. The van der Waals surface area contributed by atoms with Crippen LogP contribution in [0.25, 0.3) is 0 Å². The lowest BCUT2D eigenvalue weighted by Crippen LogP contribution is -2.23. The normalized spacial score (nSPS) is 29.7. The molecule has 0 spiro atoms. The molecule has 0 aromatic heterocycles. The van der Waals surface area contributed by atoms with Crippen molar-refractivity contribution in [3.05, 3.63) is 34.9 Å². The number of ether oxygens (including phenoxy) is 2. The first-order chi connectivity index (χ1) is 12.6. The van der Waals surface area contributed by atoms with E-state index in [0.717, 1.165) is 51.4 Å². The van der Waals surface area contributed by atoms with Gasteiger partial charge in [0.2, 0.25) is 0 Å². The van der Waals surface area contributed by atoms with E-state index < -0.39 is 11.6 Å². The van der Waals surface area contributed by atoms with Crippen LogP contribution in [0.4, 0.5) is 8.78 Å². The van der Waals surface area contributed by atoms with E-state index in [4.69, 9.17) is 9.47 Å². The second kappa shape index (κ2) is 9.27. The Labute approximate surface area is 156 Å². The molecular formula is C22H32F2O2. The average molecular weight is 366 g/mol. The molecule has 0 N–H and O–H groups in total. The molecule has 146 valence electrons. The Morgan fingerprint density at radius 2 is 1.19 bits per heavy atom. The first kappa shape index (κ1) is 19.8. The standard InChI is InChI=1S/C22H32F2O2/c1-3-5-15-7-11-19(25-13-15)17-9-10-18(22(24)21(17)23)20-12-8-16(6-4-2)14-26-20/h9-10,15-16,19-20H,3-8,11-14H2,1-2H3. The van der Waals surface area contributed by atoms with Crippen molar-refractivity contribution in [2.45, 2.75) is 77.4 Å². The fourth-order valence-corrected chi connectivity index (χ4v) is 4.45. The van der Waals surface area contributed by atoms with Crippen LogP contribution in [0.5, 0.6) is 0 Å². The van der Waals surface area contributed by atoms with Crippen LogP contribution in [0.1, 0.15) is 88.5 Å². The van der Waals surface area contributed by atoms with Crippen molar-refractivity contribution in [1.82, 2.24) is 0 Å². The van der Waals surface area contributed by atoms with Crippen LogP contribution in [0, 0.1) is 23.5 Å². The fraction of sp³-hybridized carbons (Fsp3) is 0.727. The van der Waals surface area contributed by atoms with Gasteiger partial charge in [0, 0.05) is 11.1 Å². The molecule has 2 heterocycles. The second-order valence-electron chi connectivity index (χ2n) is 7.98. The van der Waals surface area contributed by atoms with Crippen molar-refractivity contribution in [1.29, 1.82) is 0 Å². The van der Waals surface area contributed by atoms with Crippen molar-refractivity contribution in [2.75, 3.05) is 13.2 Å². The highest BCUT2D eigenvalue weighted by molar-refractivity contribution is 5.30. The SMILES string of the molecule is CCCC1CCC(c2ccc(C3CCC(CCC)CO3)c(F)c2F)OC1. The van der Waals surface area contributed by atoms with Crippen LogP contribution < -0.4 is 0 Å². The average Bonchev–Trinajstić information content (AvgIpc) is 2.66. The summed E-state index contributed by atoms with van der Waals surface area (Å²) in [5.74, 6) is -0.397. The number of rotatable bonds is 6. The van der Waals surface area contributed by atoms with Gasteiger partial charge in [-0.05, 0) is 50.4 Å². The summed E-state index contributed by atoms with van der Waals surface area (Å²) in [5, 5.41) is 0. The first-order valence-electron chi connectivity index (χ1n) is 10.3. The molecule has 2 aliphatic heterocycles. The van der Waals surface area contributed by atoms with Crippen molar-refractivity contribution in [3.8, 4) is 0 Å². The molecule has 2 fully saturated rings. The van der Waals surface area contributed by atoms with Crippen LogP contribution in [0.15, 0.2) is 12.1 Å². The van der Waals surface area contributed by atoms with E-state index in [-0.39, 0.29) is 12.2 Å². The van der Waals surface area contributed by atoms with E-state index in [1.165, 1.54) is 0 Å². The monoisotopic (exact) mass is 366 g/mol. The summed E-state index contributed by atoms with van der Waals surface area (Å²) in [4.78, 5) is 0. The van der Waals surface area contributed by atoms with E-state index in [2.05, 4.69) is 13.8 Å². The highest BCUT2D eigenvalue weighted by Gasteiger charge is 2.30. The molecular weight excluding hydrogens is 334 g/mol. The number of hydrogen-bond donors (Lipinski definition) is 0. The lowest BCUT2D eigenvalue weighted by molar-refractivity contribution is -0.0244. The van der Waals surface area contributed by atoms with E-state index in [1.54, 1.807) is 12.1 Å². The Hall–Kier alpha value is -1.00. The molecule has 4 heteroatoms. The van der Waals surface area contributed by atoms with Crippen LogP contribution in [0.3, 0.4) is 0 Å². The van der Waals surface area contributed by atoms with E-state index in [1.807, 2.05) is 0 Å². The summed E-state index contributed by atoms with van der Waals surface area (Å²) in [7, 11) is 0. The summed E-state index contributed by atoms with van der Waals surface area (Å²) in [6.07, 6.45) is 7.46. The van der Waals surface area contributed by atoms with Gasteiger partial charge in [-0.3, -0.25) is 0 Å². The van der Waals surface area contributed by atoms with Gasteiger partial charge in [0.05, 0.1) is 25.4 Å². The predicted octanol–water partition coefficient (Wildman–Crippen LogP) is 6.50. The maximum absolute atomic E-state index is 14.7. The van der Waals surface area contributed by atoms with Gasteiger partial charge in [0.15, 0.2) is 11.6 Å². The molecule has 0 saturated carbocycles. The van der Waals surface area contributed by atoms with Crippen molar-refractivity contribution < 1.29 is 18.3 Å². The van der Waals surface area contributed by atoms with Gasteiger partial charge in [-0.1, -0.05) is 38.8 Å². The minimum atomic E-state index is -0.749. The summed E-state index contributed by atoms with van der Waals surface area (Å²) in [6.45, 7) is 5.62. The van der Waals surface area contributed by atoms with Crippen molar-refractivity contribution in [2.24, 2.45) is 11.8 Å². The predicted molar refractivity (Wildman–Crippen MR) is 99.0 cm³/mol. The third-order valence-electron chi connectivity index (χ3n) is 5.97. The molecule has 1 aromatic carbocycles. The first-order valence-corrected chi connectivity index (χ1v) is 10.3. The summed E-state index contributed by atoms with van der Waals surface area (Å²) in [6, 6.07) is 3.42. The third kappa shape index (κ3) is 4.45. The molecule has 3 rings (SSSR count). The number of hydrogen-bond acceptors (Lipinski definition) is 2. The van der Waals surface area contributed by atoms with Gasteiger partial charge in [-0.15, -0.1) is 0 Å². The van der Waals surface area contributed by atoms with Gasteiger partial charge in [0.1, 0.15) is 0 Å². The maximum atomic E-state index is 14.7. The zero-order valence-corrected chi connectivity index (χ0v) is 16.1. The molecule has 0 aliphatic carbocycles. The summed E-state index contributed by atoms with van der Waals surface area (Å²) < 4.78 is 41.2. The molecule has 0 amide bonds. The van der Waals surface area contributed by atoms with Crippen LogP contribution in [-0.4, -0.2) is 13.2 Å². The quantitative estimate of drug-likeness (QED) is 0.572. The van der Waals surface area contributed by atoms with Crippen LogP contribution in [-0.2, 0) is 9.47 Å². The fourth-order valence-electron chi connectivity index (χ4n) is 4.45. The Morgan fingerprint density at radius 1 is 0.769 bits per heavy atom. The smallest absolute Gasteiger partial charge is 0.165 e. The third-order valence-corrected chi connectivity index (χ3v) is 5.97. The molecule has 1 aromatic rings. The van der Waals surface area contributed by atoms with E-state index in [0.29, 0.717) is 36.2 Å². The van der Waals surface area contributed by atoms with Gasteiger partial charge >= 0.3 is 0 Å². The largest absolute Gasteiger partial charge is 0.373 e. The Bertz CT molecular complexity index is 523. The molecule has 4 atom stereocenters. The van der Waals surface area contributed by atoms with E-state index in [9.17, 15) is 8.78 Å². The Kier molecular flexibility index (Phi) is 7.05. The van der Waals surface area contributed by atoms with E-state index >= 15 is 0 Å². The number of halogens is 2. The molecule has 2 saturated heterocycles. The zero-order valence-electron chi connectivity index (χ0n) is 16.1. The topological polar surface area (TPSA) is 18.5 Å². The highest BCUT2D eigenvalue weighted by atomic mass is 19.2. The molecule has 0 radical (unpaired) electrons. The van der Waals surface area contributed by atoms with Gasteiger partial charge in [-0.25, -0.2) is 8.78 Å². The summed E-state index contributed by atoms with van der Waals surface area (Å²) >= 11 is 0.